The number of alkyl halides is 1. The first-order valence-electron chi connectivity index (χ1n) is 6.28. The number of aliphatic hydroxyl groups is 1. The van der Waals surface area contributed by atoms with Crippen molar-refractivity contribution in [2.45, 2.75) is 12.8 Å². The molecule has 20 heavy (non-hydrogen) atoms. The highest BCUT2D eigenvalue weighted by Gasteiger charge is 2.28. The molecule has 0 spiro atoms. The largest absolute Gasteiger partial charge is 0.392 e. The van der Waals surface area contributed by atoms with Gasteiger partial charge in [0.25, 0.3) is 0 Å². The minimum absolute atomic E-state index is 0.231. The van der Waals surface area contributed by atoms with E-state index in [-0.39, 0.29) is 12.2 Å². The molecule has 1 fully saturated rings. The Morgan fingerprint density at radius 1 is 1.25 bits per heavy atom. The van der Waals surface area contributed by atoms with Gasteiger partial charge >= 0.3 is 0 Å². The molecule has 1 aliphatic rings. The van der Waals surface area contributed by atoms with E-state index in [4.69, 9.17) is 5.11 Å². The fourth-order valence-corrected chi connectivity index (χ4v) is 2.14. The lowest BCUT2D eigenvalue weighted by molar-refractivity contribution is 0.272. The van der Waals surface area contributed by atoms with Crippen LogP contribution in [0.5, 0.6) is 0 Å². The van der Waals surface area contributed by atoms with Crippen LogP contribution in [0.1, 0.15) is 5.56 Å². The van der Waals surface area contributed by atoms with Gasteiger partial charge in [-0.1, -0.05) is 18.2 Å². The lowest BCUT2D eigenvalue weighted by Gasteiger charge is -2.34. The van der Waals surface area contributed by atoms with E-state index in [1.807, 2.05) is 0 Å². The summed E-state index contributed by atoms with van der Waals surface area (Å²) < 4.78 is 26.8. The molecule has 0 aliphatic carbocycles. The van der Waals surface area contributed by atoms with Gasteiger partial charge in [0.15, 0.2) is 0 Å². The molecule has 0 radical (unpaired) electrons. The first-order valence-corrected chi connectivity index (χ1v) is 6.28. The molecule has 3 rings (SSSR count). The van der Waals surface area contributed by atoms with Crippen molar-refractivity contribution in [2.24, 2.45) is 0 Å². The average molecular weight is 277 g/mol. The number of aliphatic hydroxyl groups excluding tert-OH is 1. The molecular formula is C14H13F2N3O. The third kappa shape index (κ3) is 2.22. The van der Waals surface area contributed by atoms with Crippen molar-refractivity contribution in [2.75, 3.05) is 18.0 Å². The highest BCUT2D eigenvalue weighted by atomic mass is 19.1. The van der Waals surface area contributed by atoms with Crippen molar-refractivity contribution >= 4 is 5.95 Å². The molecule has 2 aromatic rings. The zero-order valence-electron chi connectivity index (χ0n) is 10.6. The van der Waals surface area contributed by atoms with Gasteiger partial charge in [0.05, 0.1) is 19.7 Å². The van der Waals surface area contributed by atoms with Crippen LogP contribution in [0.4, 0.5) is 14.7 Å². The number of rotatable bonds is 3. The summed E-state index contributed by atoms with van der Waals surface area (Å²) in [7, 11) is 0. The van der Waals surface area contributed by atoms with Gasteiger partial charge in [-0.05, 0) is 0 Å². The van der Waals surface area contributed by atoms with Crippen molar-refractivity contribution < 1.29 is 13.9 Å². The normalized spacial score (nSPS) is 15.2. The van der Waals surface area contributed by atoms with Crippen LogP contribution < -0.4 is 4.90 Å². The Hall–Kier alpha value is -2.08. The maximum absolute atomic E-state index is 14.1. The zero-order valence-corrected chi connectivity index (χ0v) is 10.6. The van der Waals surface area contributed by atoms with Gasteiger partial charge in [0, 0.05) is 29.1 Å². The van der Waals surface area contributed by atoms with Gasteiger partial charge in [-0.2, -0.15) is 0 Å². The lowest BCUT2D eigenvalue weighted by Crippen LogP contribution is -2.49. The maximum atomic E-state index is 14.1. The van der Waals surface area contributed by atoms with Gasteiger partial charge in [-0.25, -0.2) is 18.7 Å². The molecule has 0 atom stereocenters. The lowest BCUT2D eigenvalue weighted by atomic mass is 10.1. The summed E-state index contributed by atoms with van der Waals surface area (Å²) in [5.74, 6) is -0.0273. The van der Waals surface area contributed by atoms with Gasteiger partial charge in [0.1, 0.15) is 12.0 Å². The Morgan fingerprint density at radius 2 is 1.95 bits per heavy atom. The minimum Gasteiger partial charge on any atom is -0.392 e. The first kappa shape index (κ1) is 12.9. The second kappa shape index (κ2) is 5.13. The van der Waals surface area contributed by atoms with Crippen LogP contribution in [0.2, 0.25) is 0 Å². The summed E-state index contributed by atoms with van der Waals surface area (Å²) in [5.41, 5.74) is 1.10. The monoisotopic (exact) mass is 277 g/mol. The predicted octanol–water partition coefficient (Wildman–Crippen LogP) is 1.93. The Labute approximate surface area is 114 Å². The van der Waals surface area contributed by atoms with E-state index in [1.54, 1.807) is 17.0 Å². The van der Waals surface area contributed by atoms with E-state index < -0.39 is 12.0 Å². The molecule has 4 nitrogen and oxygen atoms in total. The highest BCUT2D eigenvalue weighted by molar-refractivity contribution is 5.64. The summed E-state index contributed by atoms with van der Waals surface area (Å²) in [6.45, 7) is 0.242. The van der Waals surface area contributed by atoms with Crippen LogP contribution in [0, 0.1) is 5.82 Å². The van der Waals surface area contributed by atoms with Crippen LogP contribution in [0.3, 0.4) is 0 Å². The summed E-state index contributed by atoms with van der Waals surface area (Å²) in [4.78, 5) is 9.97. The zero-order chi connectivity index (χ0) is 14.1. The van der Waals surface area contributed by atoms with Crippen LogP contribution in [-0.2, 0) is 6.61 Å². The van der Waals surface area contributed by atoms with Crippen molar-refractivity contribution in [3.63, 3.8) is 0 Å². The van der Waals surface area contributed by atoms with Gasteiger partial charge in [0.2, 0.25) is 5.95 Å². The van der Waals surface area contributed by atoms with E-state index in [2.05, 4.69) is 9.97 Å². The Bertz CT molecular complexity index is 612. The Balaban J connectivity index is 1.88. The Kier molecular flexibility index (Phi) is 3.31. The van der Waals surface area contributed by atoms with Crippen molar-refractivity contribution in [1.82, 2.24) is 9.97 Å². The third-order valence-electron chi connectivity index (χ3n) is 3.32. The molecule has 0 bridgehead atoms. The topological polar surface area (TPSA) is 49.3 Å². The van der Waals surface area contributed by atoms with Gasteiger partial charge in [-0.15, -0.1) is 0 Å². The SMILES string of the molecule is OCc1cccc(-c2cnc(N3CC(F)C3)nc2)c1F. The third-order valence-corrected chi connectivity index (χ3v) is 3.32. The summed E-state index contributed by atoms with van der Waals surface area (Å²) in [6, 6.07) is 4.80. The summed E-state index contributed by atoms with van der Waals surface area (Å²) >= 11 is 0. The van der Waals surface area contributed by atoms with Crippen molar-refractivity contribution in [1.29, 1.82) is 0 Å². The number of benzene rings is 1. The molecular weight excluding hydrogens is 264 g/mol. The number of nitrogens with zero attached hydrogens (tertiary/aromatic N) is 3. The smallest absolute Gasteiger partial charge is 0.225 e. The van der Waals surface area contributed by atoms with Crippen LogP contribution in [0.25, 0.3) is 11.1 Å². The van der Waals surface area contributed by atoms with Gasteiger partial charge < -0.3 is 10.0 Å². The maximum Gasteiger partial charge on any atom is 0.225 e. The number of aromatic nitrogens is 2. The number of halogens is 2. The second-order valence-electron chi connectivity index (χ2n) is 4.71. The minimum atomic E-state index is -0.822. The van der Waals surface area contributed by atoms with Crippen molar-refractivity contribution in [3.05, 3.63) is 42.0 Å². The molecule has 1 N–H and O–H groups in total. The van der Waals surface area contributed by atoms with Crippen LogP contribution >= 0.6 is 0 Å². The molecule has 104 valence electrons. The molecule has 6 heteroatoms. The molecule has 1 aromatic heterocycles. The second-order valence-corrected chi connectivity index (χ2v) is 4.71. The molecule has 0 amide bonds. The predicted molar refractivity (Wildman–Crippen MR) is 70.5 cm³/mol. The van der Waals surface area contributed by atoms with Crippen LogP contribution in [0.15, 0.2) is 30.6 Å². The number of hydrogen-bond acceptors (Lipinski definition) is 4. The van der Waals surface area contributed by atoms with E-state index in [0.29, 0.717) is 30.2 Å². The number of anilines is 1. The average Bonchev–Trinajstić information content (AvgIpc) is 2.45. The molecule has 2 heterocycles. The fraction of sp³-hybridized carbons (Fsp3) is 0.286. The standard InChI is InChI=1S/C14H13F2N3O/c15-11-6-19(7-11)14-17-4-10(5-18-14)12-3-1-2-9(8-20)13(12)16/h1-5,11,20H,6-8H2. The molecule has 1 saturated heterocycles. The van der Waals surface area contributed by atoms with Gasteiger partial charge in [-0.3, -0.25) is 0 Å². The molecule has 1 aliphatic heterocycles. The van der Waals surface area contributed by atoms with Crippen LogP contribution in [-0.4, -0.2) is 34.3 Å². The fourth-order valence-electron chi connectivity index (χ4n) is 2.14. The van der Waals surface area contributed by atoms with E-state index in [9.17, 15) is 8.78 Å². The highest BCUT2D eigenvalue weighted by Crippen LogP contribution is 2.25. The Morgan fingerprint density at radius 3 is 2.55 bits per heavy atom. The molecule has 0 saturated carbocycles. The first-order chi connectivity index (χ1) is 9.69. The number of hydrogen-bond donors (Lipinski definition) is 1. The molecule has 1 aromatic carbocycles. The summed E-state index contributed by atoms with van der Waals surface area (Å²) in [6.07, 6.45) is 2.19. The van der Waals surface area contributed by atoms with E-state index in [0.717, 1.165) is 0 Å². The summed E-state index contributed by atoms with van der Waals surface area (Å²) in [5, 5.41) is 9.06. The van der Waals surface area contributed by atoms with E-state index in [1.165, 1.54) is 18.5 Å². The molecule has 0 unspecified atom stereocenters. The quantitative estimate of drug-likeness (QED) is 0.931. The van der Waals surface area contributed by atoms with Crippen molar-refractivity contribution in [3.8, 4) is 11.1 Å². The van der Waals surface area contributed by atoms with E-state index >= 15 is 0 Å².